The summed E-state index contributed by atoms with van der Waals surface area (Å²) in [6.07, 6.45) is -0.868. The second-order valence-electron chi connectivity index (χ2n) is 4.33. The van der Waals surface area contributed by atoms with Crippen LogP contribution in [0.1, 0.15) is 6.92 Å². The number of hydrogen-bond donors (Lipinski definition) is 1. The maximum Gasteiger partial charge on any atom is 0.265 e. The maximum atomic E-state index is 13.4. The van der Waals surface area contributed by atoms with Crippen LogP contribution in [0.25, 0.3) is 0 Å². The minimum Gasteiger partial charge on any atom is -0.481 e. The SMILES string of the molecule is C[C@H](Oc1cccc(Cl)c1)C(=O)Nc1ccc(F)cc1F. The van der Waals surface area contributed by atoms with Crippen molar-refractivity contribution < 1.29 is 18.3 Å². The van der Waals surface area contributed by atoms with Gasteiger partial charge >= 0.3 is 0 Å². The Labute approximate surface area is 125 Å². The van der Waals surface area contributed by atoms with Gasteiger partial charge in [0.15, 0.2) is 6.10 Å². The molecule has 0 radical (unpaired) electrons. The average molecular weight is 312 g/mol. The molecular weight excluding hydrogens is 300 g/mol. The Morgan fingerprint density at radius 3 is 2.67 bits per heavy atom. The molecule has 3 nitrogen and oxygen atoms in total. The van der Waals surface area contributed by atoms with Crippen molar-refractivity contribution in [3.05, 3.63) is 59.1 Å². The average Bonchev–Trinajstić information content (AvgIpc) is 2.41. The van der Waals surface area contributed by atoms with Crippen LogP contribution < -0.4 is 10.1 Å². The van der Waals surface area contributed by atoms with Gasteiger partial charge in [-0.1, -0.05) is 17.7 Å². The molecular formula is C15H12ClF2NO2. The van der Waals surface area contributed by atoms with E-state index in [9.17, 15) is 13.6 Å². The summed E-state index contributed by atoms with van der Waals surface area (Å²) >= 11 is 5.81. The van der Waals surface area contributed by atoms with Crippen LogP contribution in [0.5, 0.6) is 5.75 Å². The van der Waals surface area contributed by atoms with Crippen molar-refractivity contribution in [1.82, 2.24) is 0 Å². The van der Waals surface area contributed by atoms with Crippen molar-refractivity contribution in [2.45, 2.75) is 13.0 Å². The lowest BCUT2D eigenvalue weighted by molar-refractivity contribution is -0.122. The molecule has 0 spiro atoms. The quantitative estimate of drug-likeness (QED) is 0.926. The second kappa shape index (κ2) is 6.54. The van der Waals surface area contributed by atoms with E-state index >= 15 is 0 Å². The Morgan fingerprint density at radius 1 is 1.24 bits per heavy atom. The van der Waals surface area contributed by atoms with Crippen LogP contribution in [-0.2, 0) is 4.79 Å². The summed E-state index contributed by atoms with van der Waals surface area (Å²) in [4.78, 5) is 11.9. The first-order chi connectivity index (χ1) is 9.95. The summed E-state index contributed by atoms with van der Waals surface area (Å²) in [7, 11) is 0. The zero-order valence-electron chi connectivity index (χ0n) is 11.1. The Balaban J connectivity index is 2.02. The van der Waals surface area contributed by atoms with Gasteiger partial charge in [-0.05, 0) is 37.3 Å². The number of ether oxygens (including phenoxy) is 1. The first kappa shape index (κ1) is 15.3. The molecule has 2 rings (SSSR count). The van der Waals surface area contributed by atoms with Crippen molar-refractivity contribution in [2.75, 3.05) is 5.32 Å². The molecule has 1 N–H and O–H groups in total. The van der Waals surface area contributed by atoms with Crippen molar-refractivity contribution in [3.8, 4) is 5.75 Å². The zero-order valence-corrected chi connectivity index (χ0v) is 11.8. The number of anilines is 1. The zero-order chi connectivity index (χ0) is 15.4. The second-order valence-corrected chi connectivity index (χ2v) is 4.77. The molecule has 1 amide bonds. The fourth-order valence-electron chi connectivity index (χ4n) is 1.62. The van der Waals surface area contributed by atoms with E-state index < -0.39 is 23.6 Å². The van der Waals surface area contributed by atoms with Crippen LogP contribution in [0.2, 0.25) is 5.02 Å². The van der Waals surface area contributed by atoms with E-state index in [-0.39, 0.29) is 5.69 Å². The topological polar surface area (TPSA) is 38.3 Å². The summed E-state index contributed by atoms with van der Waals surface area (Å²) in [5.41, 5.74) is -0.108. The summed E-state index contributed by atoms with van der Waals surface area (Å²) in [6.45, 7) is 1.51. The predicted octanol–water partition coefficient (Wildman–Crippen LogP) is 4.02. The molecule has 0 bridgehead atoms. The van der Waals surface area contributed by atoms with Gasteiger partial charge in [-0.3, -0.25) is 4.79 Å². The Bertz CT molecular complexity index is 664. The van der Waals surface area contributed by atoms with Crippen LogP contribution in [0, 0.1) is 11.6 Å². The van der Waals surface area contributed by atoms with Crippen molar-refractivity contribution in [3.63, 3.8) is 0 Å². The van der Waals surface area contributed by atoms with Crippen molar-refractivity contribution >= 4 is 23.2 Å². The molecule has 0 saturated carbocycles. The van der Waals surface area contributed by atoms with Gasteiger partial charge in [0, 0.05) is 11.1 Å². The first-order valence-corrected chi connectivity index (χ1v) is 6.51. The van der Waals surface area contributed by atoms with Gasteiger partial charge in [-0.2, -0.15) is 0 Å². The Kier molecular flexibility index (Phi) is 4.75. The Hall–Kier alpha value is -2.14. The molecule has 2 aromatic carbocycles. The number of nitrogens with one attached hydrogen (secondary N) is 1. The highest BCUT2D eigenvalue weighted by molar-refractivity contribution is 6.30. The predicted molar refractivity (Wildman–Crippen MR) is 76.5 cm³/mol. The molecule has 0 aliphatic rings. The minimum absolute atomic E-state index is 0.108. The molecule has 0 aliphatic heterocycles. The summed E-state index contributed by atoms with van der Waals surface area (Å²) in [5, 5.41) is 2.81. The van der Waals surface area contributed by atoms with Gasteiger partial charge in [-0.15, -0.1) is 0 Å². The van der Waals surface area contributed by atoms with E-state index in [4.69, 9.17) is 16.3 Å². The molecule has 21 heavy (non-hydrogen) atoms. The highest BCUT2D eigenvalue weighted by Gasteiger charge is 2.16. The molecule has 6 heteroatoms. The molecule has 0 aliphatic carbocycles. The van der Waals surface area contributed by atoms with Crippen LogP contribution >= 0.6 is 11.6 Å². The first-order valence-electron chi connectivity index (χ1n) is 6.14. The summed E-state index contributed by atoms with van der Waals surface area (Å²) in [6, 6.07) is 9.46. The fraction of sp³-hybridized carbons (Fsp3) is 0.133. The van der Waals surface area contributed by atoms with Gasteiger partial charge in [0.25, 0.3) is 5.91 Å². The van der Waals surface area contributed by atoms with Crippen molar-refractivity contribution in [1.29, 1.82) is 0 Å². The van der Waals surface area contributed by atoms with Gasteiger partial charge < -0.3 is 10.1 Å². The molecule has 2 aromatic rings. The lowest BCUT2D eigenvalue weighted by Gasteiger charge is -2.15. The third-order valence-corrected chi connectivity index (χ3v) is 2.90. The van der Waals surface area contributed by atoms with Crippen LogP contribution in [0.4, 0.5) is 14.5 Å². The lowest BCUT2D eigenvalue weighted by atomic mass is 10.2. The van der Waals surface area contributed by atoms with E-state index in [0.29, 0.717) is 16.8 Å². The number of rotatable bonds is 4. The maximum absolute atomic E-state index is 13.4. The number of benzene rings is 2. The summed E-state index contributed by atoms with van der Waals surface area (Å²) in [5.74, 6) is -1.70. The van der Waals surface area contributed by atoms with Crippen molar-refractivity contribution in [2.24, 2.45) is 0 Å². The molecule has 0 aromatic heterocycles. The van der Waals surface area contributed by atoms with Gasteiger partial charge in [0.2, 0.25) is 0 Å². The van der Waals surface area contributed by atoms with Gasteiger partial charge in [-0.25, -0.2) is 8.78 Å². The van der Waals surface area contributed by atoms with Gasteiger partial charge in [0.1, 0.15) is 17.4 Å². The summed E-state index contributed by atoms with van der Waals surface area (Å²) < 4.78 is 31.6. The van der Waals surface area contributed by atoms with E-state index in [0.717, 1.165) is 12.1 Å². The lowest BCUT2D eigenvalue weighted by Crippen LogP contribution is -2.30. The molecule has 0 saturated heterocycles. The van der Waals surface area contributed by atoms with E-state index in [1.807, 2.05) is 0 Å². The van der Waals surface area contributed by atoms with Gasteiger partial charge in [0.05, 0.1) is 5.69 Å². The van der Waals surface area contributed by atoms with Crippen LogP contribution in [0.3, 0.4) is 0 Å². The standard InChI is InChI=1S/C15H12ClF2NO2/c1-9(21-12-4-2-3-10(16)7-12)15(20)19-14-6-5-11(17)8-13(14)18/h2-9H,1H3,(H,19,20)/t9-/m0/s1. The molecule has 1 atom stereocenters. The number of halogens is 3. The largest absolute Gasteiger partial charge is 0.481 e. The third kappa shape index (κ3) is 4.16. The molecule has 0 fully saturated rings. The normalized spacial score (nSPS) is 11.8. The Morgan fingerprint density at radius 2 is 2.00 bits per heavy atom. The van der Waals surface area contributed by atoms with E-state index in [1.54, 1.807) is 24.3 Å². The number of hydrogen-bond acceptors (Lipinski definition) is 2. The highest BCUT2D eigenvalue weighted by atomic mass is 35.5. The fourth-order valence-corrected chi connectivity index (χ4v) is 1.80. The number of amides is 1. The highest BCUT2D eigenvalue weighted by Crippen LogP contribution is 2.19. The smallest absolute Gasteiger partial charge is 0.265 e. The van der Waals surface area contributed by atoms with Crippen LogP contribution in [0.15, 0.2) is 42.5 Å². The monoisotopic (exact) mass is 311 g/mol. The molecule has 0 heterocycles. The molecule has 110 valence electrons. The van der Waals surface area contributed by atoms with E-state index in [2.05, 4.69) is 5.32 Å². The number of carbonyl (C=O) groups excluding carboxylic acids is 1. The molecule has 0 unspecified atom stereocenters. The number of carbonyl (C=O) groups is 1. The third-order valence-electron chi connectivity index (χ3n) is 2.67. The minimum atomic E-state index is -0.868. The van der Waals surface area contributed by atoms with Crippen LogP contribution in [-0.4, -0.2) is 12.0 Å². The van der Waals surface area contributed by atoms with E-state index in [1.165, 1.54) is 6.92 Å².